The highest BCUT2D eigenvalue weighted by molar-refractivity contribution is 5.87. The highest BCUT2D eigenvalue weighted by Gasteiger charge is 2.42. The van der Waals surface area contributed by atoms with Gasteiger partial charge in [0, 0.05) is 38.0 Å². The number of rotatable bonds is 11. The summed E-state index contributed by atoms with van der Waals surface area (Å²) in [6, 6.07) is 26.2. The average molecular weight is 570 g/mol. The molecule has 1 unspecified atom stereocenters. The number of hydrogen-bond acceptors (Lipinski definition) is 5. The van der Waals surface area contributed by atoms with Gasteiger partial charge >= 0.3 is 12.1 Å². The number of ether oxygens (including phenoxy) is 1. The number of carbonyl (C=O) groups is 3. The quantitative estimate of drug-likeness (QED) is 0.289. The molecule has 1 aliphatic heterocycles. The Kier molecular flexibility index (Phi) is 9.22. The number of hydrogen-bond donors (Lipinski definition) is 3. The van der Waals surface area contributed by atoms with E-state index >= 15 is 0 Å². The minimum Gasteiger partial charge on any atom is -0.480 e. The van der Waals surface area contributed by atoms with E-state index in [0.29, 0.717) is 38.8 Å². The Morgan fingerprint density at radius 1 is 0.929 bits per heavy atom. The molecule has 3 N–H and O–H groups in total. The van der Waals surface area contributed by atoms with Crippen molar-refractivity contribution in [2.24, 2.45) is 0 Å². The number of likely N-dealkylation sites (tertiary alicyclic amines) is 1. The zero-order chi connectivity index (χ0) is 29.5. The van der Waals surface area contributed by atoms with E-state index < -0.39 is 17.6 Å². The summed E-state index contributed by atoms with van der Waals surface area (Å²) in [7, 11) is 0. The monoisotopic (exact) mass is 569 g/mol. The third kappa shape index (κ3) is 6.65. The smallest absolute Gasteiger partial charge is 0.407 e. The molecule has 1 heterocycles. The molecule has 3 aromatic carbocycles. The third-order valence-electron chi connectivity index (χ3n) is 8.63. The number of fused-ring (bicyclic) bond motifs is 3. The molecule has 1 fully saturated rings. The van der Waals surface area contributed by atoms with E-state index in [9.17, 15) is 19.5 Å². The fraction of sp³-hybridized carbons (Fsp3) is 0.382. The Labute approximate surface area is 247 Å². The van der Waals surface area contributed by atoms with Gasteiger partial charge in [-0.05, 0) is 53.5 Å². The molecular weight excluding hydrogens is 530 g/mol. The van der Waals surface area contributed by atoms with Crippen LogP contribution in [0.1, 0.15) is 61.6 Å². The summed E-state index contributed by atoms with van der Waals surface area (Å²) >= 11 is 0. The first-order valence-electron chi connectivity index (χ1n) is 14.8. The Hall–Kier alpha value is -4.17. The van der Waals surface area contributed by atoms with Crippen LogP contribution in [0.25, 0.3) is 11.1 Å². The number of amides is 2. The normalized spacial score (nSPS) is 16.6. The maximum Gasteiger partial charge on any atom is 0.407 e. The van der Waals surface area contributed by atoms with Crippen LogP contribution in [0.3, 0.4) is 0 Å². The molecule has 42 heavy (non-hydrogen) atoms. The Balaban J connectivity index is 1.09. The summed E-state index contributed by atoms with van der Waals surface area (Å²) < 4.78 is 5.67. The van der Waals surface area contributed by atoms with Crippen molar-refractivity contribution in [2.45, 2.75) is 63.1 Å². The molecule has 5 rings (SSSR count). The average Bonchev–Trinajstić information content (AvgIpc) is 3.33. The molecule has 0 aromatic heterocycles. The molecule has 0 radical (unpaired) electrons. The highest BCUT2D eigenvalue weighted by atomic mass is 16.5. The second-order valence-electron chi connectivity index (χ2n) is 11.3. The zero-order valence-corrected chi connectivity index (χ0v) is 24.1. The molecule has 1 atom stereocenters. The molecular formula is C34H39N3O5. The maximum atomic E-state index is 12.9. The lowest BCUT2D eigenvalue weighted by Gasteiger charge is -2.39. The van der Waals surface area contributed by atoms with Crippen LogP contribution in [0, 0.1) is 0 Å². The van der Waals surface area contributed by atoms with Crippen molar-refractivity contribution in [3.63, 3.8) is 0 Å². The molecule has 1 aliphatic carbocycles. The minimum atomic E-state index is -1.27. The number of alkyl carbamates (subject to hydrolysis) is 1. The number of benzene rings is 3. The van der Waals surface area contributed by atoms with Gasteiger partial charge in [0.05, 0.1) is 0 Å². The summed E-state index contributed by atoms with van der Waals surface area (Å²) in [6.07, 6.45) is 1.30. The first-order valence-corrected chi connectivity index (χ1v) is 14.8. The number of piperidine rings is 1. The molecule has 8 heteroatoms. The largest absolute Gasteiger partial charge is 0.480 e. The minimum absolute atomic E-state index is 0.0275. The summed E-state index contributed by atoms with van der Waals surface area (Å²) in [5, 5.41) is 15.7. The first kappa shape index (κ1) is 29.3. The van der Waals surface area contributed by atoms with Crippen molar-refractivity contribution >= 4 is 18.0 Å². The number of nitrogens with one attached hydrogen (secondary N) is 2. The predicted molar refractivity (Wildman–Crippen MR) is 161 cm³/mol. The van der Waals surface area contributed by atoms with Crippen LogP contribution in [0.4, 0.5) is 4.79 Å². The number of aliphatic carboxylic acids is 1. The fourth-order valence-corrected chi connectivity index (χ4v) is 6.15. The van der Waals surface area contributed by atoms with E-state index in [1.807, 2.05) is 49.4 Å². The van der Waals surface area contributed by atoms with Crippen LogP contribution in [0.5, 0.6) is 0 Å². The summed E-state index contributed by atoms with van der Waals surface area (Å²) in [4.78, 5) is 40.1. The lowest BCUT2D eigenvalue weighted by atomic mass is 9.87. The Bertz CT molecular complexity index is 1360. The zero-order valence-electron chi connectivity index (χ0n) is 24.1. The van der Waals surface area contributed by atoms with Crippen LogP contribution in [0.2, 0.25) is 0 Å². The van der Waals surface area contributed by atoms with Crippen molar-refractivity contribution < 1.29 is 24.2 Å². The molecule has 2 aliphatic rings. The standard InChI is InChI=1S/C34H39N3O5/c1-2-25(35-33(41)42-23-30-28-14-8-6-12-26(28)27-13-7-9-15-29(27)30)16-17-31(38)36-34(32(39)40)18-20-37(21-19-34)22-24-10-4-3-5-11-24/h3-15,25,30H,2,16-23H2,1H3,(H,35,41)(H,36,38)(H,39,40). The van der Waals surface area contributed by atoms with E-state index in [2.05, 4.69) is 51.9 Å². The van der Waals surface area contributed by atoms with Crippen molar-refractivity contribution in [3.05, 3.63) is 95.6 Å². The summed E-state index contributed by atoms with van der Waals surface area (Å²) in [5.74, 6) is -1.35. The van der Waals surface area contributed by atoms with Gasteiger partial charge in [0.1, 0.15) is 12.1 Å². The lowest BCUT2D eigenvalue weighted by Crippen LogP contribution is -2.60. The lowest BCUT2D eigenvalue weighted by molar-refractivity contribution is -0.150. The maximum absolute atomic E-state index is 12.9. The third-order valence-corrected chi connectivity index (χ3v) is 8.63. The second kappa shape index (κ2) is 13.2. The van der Waals surface area contributed by atoms with E-state index in [1.54, 1.807) is 0 Å². The fourth-order valence-electron chi connectivity index (χ4n) is 6.15. The van der Waals surface area contributed by atoms with Gasteiger partial charge in [-0.1, -0.05) is 85.8 Å². The summed E-state index contributed by atoms with van der Waals surface area (Å²) in [6.45, 7) is 4.09. The van der Waals surface area contributed by atoms with Crippen LogP contribution in [-0.4, -0.2) is 59.3 Å². The molecule has 0 saturated carbocycles. The van der Waals surface area contributed by atoms with Gasteiger partial charge in [0.2, 0.25) is 5.91 Å². The van der Waals surface area contributed by atoms with Gasteiger partial charge in [-0.15, -0.1) is 0 Å². The van der Waals surface area contributed by atoms with Crippen molar-refractivity contribution in [1.82, 2.24) is 15.5 Å². The number of carboxylic acid groups (broad SMARTS) is 1. The topological polar surface area (TPSA) is 108 Å². The van der Waals surface area contributed by atoms with Gasteiger partial charge in [0.15, 0.2) is 0 Å². The van der Waals surface area contributed by atoms with E-state index in [-0.39, 0.29) is 30.9 Å². The Morgan fingerprint density at radius 3 is 2.12 bits per heavy atom. The van der Waals surface area contributed by atoms with Crippen LogP contribution < -0.4 is 10.6 Å². The van der Waals surface area contributed by atoms with Crippen LogP contribution in [0.15, 0.2) is 78.9 Å². The van der Waals surface area contributed by atoms with Gasteiger partial charge in [-0.3, -0.25) is 9.69 Å². The first-order chi connectivity index (χ1) is 20.4. The molecule has 0 spiro atoms. The Morgan fingerprint density at radius 2 is 1.52 bits per heavy atom. The van der Waals surface area contributed by atoms with Gasteiger partial charge in [0.25, 0.3) is 0 Å². The van der Waals surface area contributed by atoms with Gasteiger partial charge in [-0.2, -0.15) is 0 Å². The summed E-state index contributed by atoms with van der Waals surface area (Å²) in [5.41, 5.74) is 4.54. The van der Waals surface area contributed by atoms with Crippen molar-refractivity contribution in [3.8, 4) is 11.1 Å². The van der Waals surface area contributed by atoms with Crippen molar-refractivity contribution in [2.75, 3.05) is 19.7 Å². The number of carboxylic acids is 1. The second-order valence-corrected chi connectivity index (χ2v) is 11.3. The molecule has 2 amide bonds. The van der Waals surface area contributed by atoms with Gasteiger partial charge < -0.3 is 20.5 Å². The van der Waals surface area contributed by atoms with E-state index in [4.69, 9.17) is 4.74 Å². The molecule has 1 saturated heterocycles. The number of nitrogens with zero attached hydrogens (tertiary/aromatic N) is 1. The van der Waals surface area contributed by atoms with Crippen LogP contribution >= 0.6 is 0 Å². The predicted octanol–water partition coefficient (Wildman–Crippen LogP) is 5.32. The van der Waals surface area contributed by atoms with E-state index in [0.717, 1.165) is 17.7 Å². The molecule has 0 bridgehead atoms. The molecule has 8 nitrogen and oxygen atoms in total. The molecule has 220 valence electrons. The highest BCUT2D eigenvalue weighted by Crippen LogP contribution is 2.44. The SMILES string of the molecule is CCC(CCC(=O)NC1(C(=O)O)CCN(Cc2ccccc2)CC1)NC(=O)OCC1c2ccccc2-c2ccccc21. The molecule has 3 aromatic rings. The number of carbonyl (C=O) groups excluding carboxylic acids is 2. The van der Waals surface area contributed by atoms with Gasteiger partial charge in [-0.25, -0.2) is 9.59 Å². The van der Waals surface area contributed by atoms with Crippen molar-refractivity contribution in [1.29, 1.82) is 0 Å². The van der Waals surface area contributed by atoms with Crippen LogP contribution in [-0.2, 0) is 20.9 Å². The van der Waals surface area contributed by atoms with E-state index in [1.165, 1.54) is 16.7 Å².